The van der Waals surface area contributed by atoms with E-state index >= 15 is 0 Å². The zero-order chi connectivity index (χ0) is 41.0. The van der Waals surface area contributed by atoms with Crippen LogP contribution in [0.5, 0.6) is 0 Å². The second kappa shape index (κ2) is 14.6. The molecular weight excluding hydrogens is 747 g/mol. The molecule has 1 aliphatic carbocycles. The van der Waals surface area contributed by atoms with Gasteiger partial charge in [0.25, 0.3) is 0 Å². The van der Waals surface area contributed by atoms with E-state index in [4.69, 9.17) is 0 Å². The predicted molar refractivity (Wildman–Crippen MR) is 262 cm³/mol. The summed E-state index contributed by atoms with van der Waals surface area (Å²) in [5.74, 6) is 0. The summed E-state index contributed by atoms with van der Waals surface area (Å²) in [5, 5.41) is 7.35. The van der Waals surface area contributed by atoms with Crippen LogP contribution in [0.2, 0.25) is 0 Å². The quantitative estimate of drug-likeness (QED) is 0.155. The minimum Gasteiger partial charge on any atom is -0.310 e. The summed E-state index contributed by atoms with van der Waals surface area (Å²) in [5.41, 5.74) is 15.5. The standard InChI is InChI=1S/C61H41N/c1-3-21-46(22-4-1)61(47-23-5-2-6-24-47)57-32-12-11-26-56(57)60-55(31-15-33-58(60)61)53-28-14-30-54-52(53)29-16-34-59(54)62(49-40-35-42-17-7-8-19-45(42)41-49)48-38-36-44(37-39-48)51-27-13-20-43-18-9-10-25-50(43)51/h1-41H. The Balaban J connectivity index is 1.07. The maximum absolute atomic E-state index is 2.44. The van der Waals surface area contributed by atoms with E-state index in [2.05, 4.69) is 254 Å². The van der Waals surface area contributed by atoms with Gasteiger partial charge in [-0.25, -0.2) is 0 Å². The molecule has 0 amide bonds. The highest BCUT2D eigenvalue weighted by Crippen LogP contribution is 2.58. The Morgan fingerprint density at radius 1 is 0.290 bits per heavy atom. The summed E-state index contributed by atoms with van der Waals surface area (Å²) in [7, 11) is 0. The second-order valence-corrected chi connectivity index (χ2v) is 16.4. The van der Waals surface area contributed by atoms with Crippen LogP contribution in [0, 0.1) is 0 Å². The number of fused-ring (bicyclic) bond motifs is 6. The van der Waals surface area contributed by atoms with E-state index in [1.54, 1.807) is 0 Å². The highest BCUT2D eigenvalue weighted by molar-refractivity contribution is 6.09. The molecule has 11 aromatic carbocycles. The predicted octanol–water partition coefficient (Wildman–Crippen LogP) is 16.3. The van der Waals surface area contributed by atoms with Crippen LogP contribution in [0.15, 0.2) is 249 Å². The highest BCUT2D eigenvalue weighted by atomic mass is 15.1. The maximum Gasteiger partial charge on any atom is 0.0713 e. The molecule has 0 aliphatic heterocycles. The molecule has 1 aliphatic rings. The Morgan fingerprint density at radius 3 is 1.63 bits per heavy atom. The van der Waals surface area contributed by atoms with E-state index in [-0.39, 0.29) is 0 Å². The van der Waals surface area contributed by atoms with E-state index < -0.39 is 5.41 Å². The number of nitrogens with zero attached hydrogens (tertiary/aromatic N) is 1. The van der Waals surface area contributed by atoms with Gasteiger partial charge >= 0.3 is 0 Å². The molecule has 0 fully saturated rings. The average Bonchev–Trinajstić information content (AvgIpc) is 3.66. The zero-order valence-corrected chi connectivity index (χ0v) is 34.1. The largest absolute Gasteiger partial charge is 0.310 e. The van der Waals surface area contributed by atoms with Gasteiger partial charge in [0.15, 0.2) is 0 Å². The third-order valence-electron chi connectivity index (χ3n) is 13.1. The van der Waals surface area contributed by atoms with Gasteiger partial charge in [-0.1, -0.05) is 218 Å². The van der Waals surface area contributed by atoms with Crippen molar-refractivity contribution in [3.8, 4) is 33.4 Å². The van der Waals surface area contributed by atoms with E-state index in [1.165, 1.54) is 88.0 Å². The molecule has 0 saturated carbocycles. The lowest BCUT2D eigenvalue weighted by molar-refractivity contribution is 0.768. The van der Waals surface area contributed by atoms with Crippen molar-refractivity contribution in [2.75, 3.05) is 4.90 Å². The smallest absolute Gasteiger partial charge is 0.0713 e. The number of rotatable bonds is 7. The number of benzene rings is 11. The van der Waals surface area contributed by atoms with Crippen LogP contribution in [0.4, 0.5) is 17.1 Å². The number of hydrogen-bond acceptors (Lipinski definition) is 1. The van der Waals surface area contributed by atoms with Gasteiger partial charge in [0.1, 0.15) is 0 Å². The van der Waals surface area contributed by atoms with Crippen molar-refractivity contribution in [3.63, 3.8) is 0 Å². The van der Waals surface area contributed by atoms with Crippen molar-refractivity contribution >= 4 is 49.4 Å². The molecule has 290 valence electrons. The Hall–Kier alpha value is -8.00. The molecule has 0 spiro atoms. The Bertz CT molecular complexity index is 3410. The van der Waals surface area contributed by atoms with Crippen LogP contribution in [0.3, 0.4) is 0 Å². The second-order valence-electron chi connectivity index (χ2n) is 16.4. The molecule has 0 atom stereocenters. The maximum atomic E-state index is 2.44. The molecule has 12 rings (SSSR count). The Kier molecular flexibility index (Phi) is 8.47. The van der Waals surface area contributed by atoms with Crippen molar-refractivity contribution in [2.24, 2.45) is 0 Å². The summed E-state index contributed by atoms with van der Waals surface area (Å²) in [6, 6.07) is 91.6. The number of anilines is 3. The van der Waals surface area contributed by atoms with Gasteiger partial charge in [0, 0.05) is 16.8 Å². The van der Waals surface area contributed by atoms with Crippen molar-refractivity contribution in [1.82, 2.24) is 0 Å². The molecule has 0 saturated heterocycles. The molecule has 0 unspecified atom stereocenters. The highest BCUT2D eigenvalue weighted by Gasteiger charge is 2.46. The molecular formula is C61H41N. The normalized spacial score (nSPS) is 12.6. The van der Waals surface area contributed by atoms with Crippen molar-refractivity contribution < 1.29 is 0 Å². The molecule has 1 nitrogen and oxygen atoms in total. The van der Waals surface area contributed by atoms with Gasteiger partial charge in [0.2, 0.25) is 0 Å². The molecule has 62 heavy (non-hydrogen) atoms. The van der Waals surface area contributed by atoms with Gasteiger partial charge in [-0.15, -0.1) is 0 Å². The molecule has 0 bridgehead atoms. The first-order valence-electron chi connectivity index (χ1n) is 21.5. The SMILES string of the molecule is c1ccc(C2(c3ccccc3)c3ccccc3-c3c(-c4cccc5c(N(c6ccc(-c7cccc8ccccc78)cc6)c6ccc7ccccc7c6)cccc45)cccc32)cc1. The van der Waals surface area contributed by atoms with Gasteiger partial charge < -0.3 is 4.90 Å². The molecule has 11 aromatic rings. The summed E-state index contributed by atoms with van der Waals surface area (Å²) in [6.07, 6.45) is 0. The lowest BCUT2D eigenvalue weighted by Crippen LogP contribution is -2.28. The monoisotopic (exact) mass is 787 g/mol. The molecule has 0 radical (unpaired) electrons. The lowest BCUT2D eigenvalue weighted by atomic mass is 9.67. The first kappa shape index (κ1) is 35.9. The van der Waals surface area contributed by atoms with Gasteiger partial charge in [0.05, 0.1) is 11.1 Å². The first-order valence-corrected chi connectivity index (χ1v) is 21.5. The van der Waals surface area contributed by atoms with Crippen LogP contribution in [-0.2, 0) is 5.41 Å². The number of hydrogen-bond donors (Lipinski definition) is 0. The fourth-order valence-electron chi connectivity index (χ4n) is 10.5. The first-order chi connectivity index (χ1) is 30.8. The summed E-state index contributed by atoms with van der Waals surface area (Å²) in [4.78, 5) is 2.44. The minimum absolute atomic E-state index is 0.467. The van der Waals surface area contributed by atoms with E-state index in [0.29, 0.717) is 0 Å². The van der Waals surface area contributed by atoms with Crippen molar-refractivity contribution in [2.45, 2.75) is 5.41 Å². The lowest BCUT2D eigenvalue weighted by Gasteiger charge is -2.34. The van der Waals surface area contributed by atoms with Gasteiger partial charge in [-0.2, -0.15) is 0 Å². The van der Waals surface area contributed by atoms with E-state index in [0.717, 1.165) is 17.1 Å². The van der Waals surface area contributed by atoms with Crippen LogP contribution in [0.25, 0.3) is 65.7 Å². The van der Waals surface area contributed by atoms with Crippen molar-refractivity contribution in [3.05, 3.63) is 271 Å². The van der Waals surface area contributed by atoms with Crippen molar-refractivity contribution in [1.29, 1.82) is 0 Å². The topological polar surface area (TPSA) is 3.24 Å². The zero-order valence-electron chi connectivity index (χ0n) is 34.1. The third-order valence-corrected chi connectivity index (χ3v) is 13.1. The van der Waals surface area contributed by atoms with Crippen LogP contribution < -0.4 is 4.90 Å². The molecule has 0 heterocycles. The Labute approximate surface area is 362 Å². The minimum atomic E-state index is -0.467. The summed E-state index contributed by atoms with van der Waals surface area (Å²) >= 11 is 0. The summed E-state index contributed by atoms with van der Waals surface area (Å²) < 4.78 is 0. The molecule has 0 aromatic heterocycles. The van der Waals surface area contributed by atoms with E-state index in [9.17, 15) is 0 Å². The molecule has 0 N–H and O–H groups in total. The van der Waals surface area contributed by atoms with E-state index in [1.807, 2.05) is 0 Å². The van der Waals surface area contributed by atoms with Crippen LogP contribution in [-0.4, -0.2) is 0 Å². The third kappa shape index (κ3) is 5.56. The molecule has 1 heteroatoms. The fraction of sp³-hybridized carbons (Fsp3) is 0.0164. The van der Waals surface area contributed by atoms with Gasteiger partial charge in [-0.3, -0.25) is 0 Å². The average molecular weight is 788 g/mol. The van der Waals surface area contributed by atoms with Gasteiger partial charge in [-0.05, 0) is 113 Å². The van der Waals surface area contributed by atoms with Crippen LogP contribution in [0.1, 0.15) is 22.3 Å². The van der Waals surface area contributed by atoms with Crippen LogP contribution >= 0.6 is 0 Å². The Morgan fingerprint density at radius 2 is 0.823 bits per heavy atom. The fourth-order valence-corrected chi connectivity index (χ4v) is 10.5. The summed E-state index contributed by atoms with van der Waals surface area (Å²) in [6.45, 7) is 0.